The summed E-state index contributed by atoms with van der Waals surface area (Å²) in [5.74, 6) is -0.231. The Morgan fingerprint density at radius 1 is 1.50 bits per heavy atom. The van der Waals surface area contributed by atoms with Crippen molar-refractivity contribution in [1.29, 1.82) is 0 Å². The lowest BCUT2D eigenvalue weighted by molar-refractivity contribution is 0.0801. The van der Waals surface area contributed by atoms with Crippen LogP contribution in [0.1, 0.15) is 24.5 Å². The van der Waals surface area contributed by atoms with E-state index < -0.39 is 24.6 Å². The monoisotopic (exact) mass is 285 g/mol. The first-order chi connectivity index (χ1) is 9.49. The topological polar surface area (TPSA) is 99.0 Å². The summed E-state index contributed by atoms with van der Waals surface area (Å²) < 4.78 is 19.0. The number of carboxylic acid groups (broad SMARTS) is 1. The van der Waals surface area contributed by atoms with Gasteiger partial charge < -0.3 is 25.4 Å². The molecule has 0 bridgehead atoms. The van der Waals surface area contributed by atoms with E-state index in [0.29, 0.717) is 18.6 Å². The zero-order valence-corrected chi connectivity index (χ0v) is 10.6. The summed E-state index contributed by atoms with van der Waals surface area (Å²) in [7, 11) is 0. The summed E-state index contributed by atoms with van der Waals surface area (Å²) in [6.45, 7) is -0.575. The zero-order chi connectivity index (χ0) is 14.7. The Morgan fingerprint density at radius 2 is 2.20 bits per heavy atom. The van der Waals surface area contributed by atoms with Crippen molar-refractivity contribution < 1.29 is 29.2 Å². The molecule has 0 radical (unpaired) electrons. The first kappa shape index (κ1) is 14.5. The molecule has 1 amide bonds. The van der Waals surface area contributed by atoms with Gasteiger partial charge in [-0.25, -0.2) is 9.18 Å². The Kier molecular flexibility index (Phi) is 4.41. The number of amides is 1. The van der Waals surface area contributed by atoms with E-state index in [4.69, 9.17) is 14.9 Å². The summed E-state index contributed by atoms with van der Waals surface area (Å²) in [5.41, 5.74) is -0.0236. The van der Waals surface area contributed by atoms with Gasteiger partial charge in [0, 0.05) is 24.4 Å². The van der Waals surface area contributed by atoms with E-state index in [9.17, 15) is 14.3 Å². The van der Waals surface area contributed by atoms with Crippen molar-refractivity contribution in [1.82, 2.24) is 5.32 Å². The molecule has 4 N–H and O–H groups in total. The van der Waals surface area contributed by atoms with E-state index in [-0.39, 0.29) is 17.7 Å². The third-order valence-electron chi connectivity index (χ3n) is 3.22. The maximum Gasteiger partial charge on any atom is 0.404 e. The fourth-order valence-corrected chi connectivity index (χ4v) is 2.10. The Labute approximate surface area is 114 Å². The van der Waals surface area contributed by atoms with Gasteiger partial charge in [-0.15, -0.1) is 0 Å². The van der Waals surface area contributed by atoms with E-state index in [1.807, 2.05) is 0 Å². The molecule has 1 atom stereocenters. The molecule has 1 fully saturated rings. The number of ether oxygens (including phenoxy) is 1. The number of halogens is 1. The fourth-order valence-electron chi connectivity index (χ4n) is 2.10. The van der Waals surface area contributed by atoms with Gasteiger partial charge in [0.2, 0.25) is 0 Å². The van der Waals surface area contributed by atoms with Crippen molar-refractivity contribution in [2.45, 2.75) is 31.1 Å². The molecular formula is C13H16FNO5. The van der Waals surface area contributed by atoms with Gasteiger partial charge in [-0.2, -0.15) is 0 Å². The zero-order valence-electron chi connectivity index (χ0n) is 10.6. The largest absolute Gasteiger partial charge is 0.490 e. The first-order valence-electron chi connectivity index (χ1n) is 6.24. The van der Waals surface area contributed by atoms with Crippen LogP contribution >= 0.6 is 0 Å². The lowest BCUT2D eigenvalue weighted by Gasteiger charge is -2.35. The number of hydrogen-bond acceptors (Lipinski definition) is 4. The Bertz CT molecular complexity index is 490. The molecule has 0 saturated heterocycles. The van der Waals surface area contributed by atoms with Gasteiger partial charge in [0.05, 0.1) is 6.61 Å². The highest BCUT2D eigenvalue weighted by Crippen LogP contribution is 2.28. The molecule has 1 saturated carbocycles. The van der Waals surface area contributed by atoms with Gasteiger partial charge in [-0.3, -0.25) is 0 Å². The Hall–Kier alpha value is -1.86. The number of hydrogen-bond donors (Lipinski definition) is 4. The van der Waals surface area contributed by atoms with Gasteiger partial charge in [-0.05, 0) is 18.2 Å². The Balaban J connectivity index is 1.93. The number of nitrogens with one attached hydrogen (secondary N) is 1. The minimum absolute atomic E-state index is 0.0236. The molecule has 0 spiro atoms. The predicted octanol–water partition coefficient (Wildman–Crippen LogP) is 1.03. The van der Waals surface area contributed by atoms with Crippen LogP contribution in [-0.4, -0.2) is 40.2 Å². The predicted molar refractivity (Wildman–Crippen MR) is 67.0 cm³/mol. The molecule has 6 nitrogen and oxygen atoms in total. The lowest BCUT2D eigenvalue weighted by atomic mass is 9.89. The second-order valence-electron chi connectivity index (χ2n) is 4.74. The number of benzene rings is 1. The third kappa shape index (κ3) is 3.37. The van der Waals surface area contributed by atoms with Crippen LogP contribution in [0.2, 0.25) is 0 Å². The molecule has 1 aliphatic rings. The molecule has 0 unspecified atom stereocenters. The molecule has 7 heteroatoms. The maximum atomic E-state index is 13.4. The van der Waals surface area contributed by atoms with Gasteiger partial charge >= 0.3 is 6.09 Å². The maximum absolute atomic E-state index is 13.4. The van der Waals surface area contributed by atoms with Crippen molar-refractivity contribution >= 4 is 6.09 Å². The van der Waals surface area contributed by atoms with Crippen LogP contribution in [-0.2, 0) is 0 Å². The van der Waals surface area contributed by atoms with Crippen molar-refractivity contribution in [3.63, 3.8) is 0 Å². The van der Waals surface area contributed by atoms with E-state index in [1.54, 1.807) is 0 Å². The molecular weight excluding hydrogens is 269 g/mol. The van der Waals surface area contributed by atoms with Crippen molar-refractivity contribution in [2.75, 3.05) is 6.61 Å². The SMILES string of the molecule is O=C(O)NC1CC(Oc2ccc(F)c([C@@H](O)CO)c2)C1. The number of aliphatic hydroxyl groups is 2. The van der Waals surface area contributed by atoms with E-state index in [2.05, 4.69) is 5.32 Å². The van der Waals surface area contributed by atoms with Crippen LogP contribution in [0.15, 0.2) is 18.2 Å². The summed E-state index contributed by atoms with van der Waals surface area (Å²) >= 11 is 0. The van der Waals surface area contributed by atoms with Crippen molar-refractivity contribution in [3.05, 3.63) is 29.6 Å². The minimum atomic E-state index is -1.29. The molecule has 20 heavy (non-hydrogen) atoms. The second-order valence-corrected chi connectivity index (χ2v) is 4.74. The minimum Gasteiger partial charge on any atom is -0.490 e. The molecule has 1 aromatic carbocycles. The summed E-state index contributed by atoms with van der Waals surface area (Å²) in [5, 5.41) is 29.2. The molecule has 2 rings (SSSR count). The average Bonchev–Trinajstić information content (AvgIpc) is 2.37. The van der Waals surface area contributed by atoms with Crippen LogP contribution in [0.25, 0.3) is 0 Å². The fraction of sp³-hybridized carbons (Fsp3) is 0.462. The number of carbonyl (C=O) groups is 1. The molecule has 110 valence electrons. The first-order valence-corrected chi connectivity index (χ1v) is 6.24. The van der Waals surface area contributed by atoms with Crippen LogP contribution in [0.3, 0.4) is 0 Å². The standard InChI is InChI=1S/C13H16FNO5/c14-11-2-1-8(5-10(11)12(17)6-16)20-9-3-7(4-9)15-13(18)19/h1-2,5,7,9,12,15-17H,3-4,6H2,(H,18,19)/t7?,9?,12-/m0/s1. The summed E-state index contributed by atoms with van der Waals surface area (Å²) in [4.78, 5) is 10.4. The third-order valence-corrected chi connectivity index (χ3v) is 3.22. The van der Waals surface area contributed by atoms with Crippen LogP contribution < -0.4 is 10.1 Å². The number of rotatable bonds is 5. The van der Waals surface area contributed by atoms with Crippen LogP contribution in [0, 0.1) is 5.82 Å². The second kappa shape index (κ2) is 6.06. The van der Waals surface area contributed by atoms with Crippen LogP contribution in [0.4, 0.5) is 9.18 Å². The average molecular weight is 285 g/mol. The van der Waals surface area contributed by atoms with Crippen molar-refractivity contribution in [2.24, 2.45) is 0 Å². The van der Waals surface area contributed by atoms with Gasteiger partial charge in [0.25, 0.3) is 0 Å². The summed E-state index contributed by atoms with van der Waals surface area (Å²) in [6, 6.07) is 3.81. The molecule has 0 heterocycles. The van der Waals surface area contributed by atoms with E-state index >= 15 is 0 Å². The molecule has 1 aromatic rings. The normalized spacial score (nSPS) is 22.8. The Morgan fingerprint density at radius 3 is 2.80 bits per heavy atom. The molecule has 0 aromatic heterocycles. The summed E-state index contributed by atoms with van der Waals surface area (Å²) in [6.07, 6.45) is -1.41. The highest BCUT2D eigenvalue weighted by molar-refractivity contribution is 5.65. The lowest BCUT2D eigenvalue weighted by Crippen LogP contribution is -2.48. The van der Waals surface area contributed by atoms with Crippen LogP contribution in [0.5, 0.6) is 5.75 Å². The van der Waals surface area contributed by atoms with Gasteiger partial charge in [0.15, 0.2) is 0 Å². The number of aliphatic hydroxyl groups excluding tert-OH is 2. The highest BCUT2D eigenvalue weighted by Gasteiger charge is 2.32. The van der Waals surface area contributed by atoms with Crippen molar-refractivity contribution in [3.8, 4) is 5.75 Å². The smallest absolute Gasteiger partial charge is 0.404 e. The highest BCUT2D eigenvalue weighted by atomic mass is 19.1. The van der Waals surface area contributed by atoms with E-state index in [1.165, 1.54) is 12.1 Å². The van der Waals surface area contributed by atoms with Gasteiger partial charge in [0.1, 0.15) is 23.8 Å². The van der Waals surface area contributed by atoms with Gasteiger partial charge in [-0.1, -0.05) is 0 Å². The quantitative estimate of drug-likeness (QED) is 0.647. The molecule has 1 aliphatic carbocycles. The van der Waals surface area contributed by atoms with E-state index in [0.717, 1.165) is 6.07 Å². The molecule has 0 aliphatic heterocycles.